The summed E-state index contributed by atoms with van der Waals surface area (Å²) in [5, 5.41) is 13.0. The monoisotopic (exact) mass is 603 g/mol. The summed E-state index contributed by atoms with van der Waals surface area (Å²) in [6.07, 6.45) is 3.73. The van der Waals surface area contributed by atoms with Gasteiger partial charge in [0.25, 0.3) is 0 Å². The Balaban J connectivity index is 1.95. The van der Waals surface area contributed by atoms with E-state index in [-0.39, 0.29) is 24.7 Å². The van der Waals surface area contributed by atoms with Crippen LogP contribution in [0.3, 0.4) is 0 Å². The zero-order valence-electron chi connectivity index (χ0n) is 20.1. The number of nitrogens with zero attached hydrogens (tertiary/aromatic N) is 2. The van der Waals surface area contributed by atoms with Crippen molar-refractivity contribution in [3.63, 3.8) is 0 Å². The van der Waals surface area contributed by atoms with Crippen molar-refractivity contribution in [3.05, 3.63) is 28.3 Å². The van der Waals surface area contributed by atoms with Gasteiger partial charge >= 0.3 is 30.0 Å². The highest BCUT2D eigenvalue weighted by Gasteiger charge is 2.38. The molecule has 8 N–H and O–H groups in total. The Labute approximate surface area is 218 Å². The topological polar surface area (TPSA) is 265 Å². The maximum atomic E-state index is 12.4. The number of phosphoric acid groups is 1. The molecule has 1 fully saturated rings. The van der Waals surface area contributed by atoms with Crippen LogP contribution in [0.4, 0.5) is 5.82 Å². The van der Waals surface area contributed by atoms with Crippen LogP contribution in [-0.4, -0.2) is 62.3 Å². The number of aliphatic hydroxyl groups is 1. The largest absolute Gasteiger partial charge is 0.479 e. The van der Waals surface area contributed by atoms with E-state index in [2.05, 4.69) is 23.4 Å². The first-order chi connectivity index (χ1) is 17.9. The first-order valence-electron chi connectivity index (χ1n) is 11.4. The Morgan fingerprint density at radius 3 is 2.79 bits per heavy atom. The number of nitrogens with two attached hydrogens (primary N) is 2. The van der Waals surface area contributed by atoms with Crippen molar-refractivity contribution in [2.24, 2.45) is 5.73 Å². The molecule has 2 rings (SSSR count). The second kappa shape index (κ2) is 15.8. The zero-order valence-corrected chi connectivity index (χ0v) is 23.0. The van der Waals surface area contributed by atoms with Gasteiger partial charge < -0.3 is 36.4 Å². The number of amides is 1. The lowest BCUT2D eigenvalue weighted by molar-refractivity contribution is -0.121. The third-order valence-corrected chi connectivity index (χ3v) is 8.47. The van der Waals surface area contributed by atoms with E-state index in [1.54, 1.807) is 12.2 Å². The quantitative estimate of drug-likeness (QED) is 0.108. The maximum Gasteiger partial charge on any atom is 0.479 e. The number of phosphoric ester groups is 1. The average molecular weight is 603 g/mol. The van der Waals surface area contributed by atoms with Crippen LogP contribution in [0.2, 0.25) is 0 Å². The van der Waals surface area contributed by atoms with Crippen LogP contribution in [0.25, 0.3) is 6.08 Å². The van der Waals surface area contributed by atoms with Gasteiger partial charge in [-0.3, -0.25) is 23.0 Å². The summed E-state index contributed by atoms with van der Waals surface area (Å²) in [5.41, 5.74) is 10.8. The minimum Gasteiger partial charge on any atom is -0.390 e. The third kappa shape index (κ3) is 11.2. The molecule has 0 radical (unpaired) electrons. The van der Waals surface area contributed by atoms with Crippen molar-refractivity contribution < 1.29 is 51.3 Å². The standard InChI is InChI=1S/C18H32N5O12P3/c19-7-3-1-2-6-15(25)21-8-4-5-12-10-23(18(26)22-17(12)20)16-9-13(24)14(33-16)11-32-38(30,31)35-37(29)34-36(27)28/h4-5,10,13-14,16,24,36-37H,1-3,6-9,11,19H2,(H,21,25)(H,27,28)(H,30,31)(H2,20,22,26)/b5-4+/t13-,14-,16-/m1/s1. The first-order valence-corrected chi connectivity index (χ1v) is 15.4. The van der Waals surface area contributed by atoms with Gasteiger partial charge in [0.2, 0.25) is 5.91 Å². The van der Waals surface area contributed by atoms with Crippen molar-refractivity contribution in [1.82, 2.24) is 14.9 Å². The molecule has 0 aromatic carbocycles. The predicted octanol–water partition coefficient (Wildman–Crippen LogP) is 0.0443. The Hall–Kier alpha value is -1.74. The summed E-state index contributed by atoms with van der Waals surface area (Å²) in [7, 11) is -12.5. The molecule has 3 unspecified atom stereocenters. The fourth-order valence-electron chi connectivity index (χ4n) is 3.30. The van der Waals surface area contributed by atoms with E-state index in [0.717, 1.165) is 23.8 Å². The summed E-state index contributed by atoms with van der Waals surface area (Å²) in [4.78, 5) is 46.0. The molecule has 1 aromatic heterocycles. The second-order valence-corrected chi connectivity index (χ2v) is 11.8. The lowest BCUT2D eigenvalue weighted by Gasteiger charge is -2.18. The number of hydrogen-bond donors (Lipinski definition) is 6. The Kier molecular flexibility index (Phi) is 13.5. The van der Waals surface area contributed by atoms with E-state index in [4.69, 9.17) is 21.1 Å². The molecule has 1 aliphatic rings. The molecule has 38 heavy (non-hydrogen) atoms. The zero-order chi connectivity index (χ0) is 28.3. The number of nitrogen functional groups attached to an aromatic ring is 1. The van der Waals surface area contributed by atoms with Gasteiger partial charge in [0.05, 0.1) is 12.7 Å². The Bertz CT molecular complexity index is 1130. The van der Waals surface area contributed by atoms with Crippen LogP contribution in [0.1, 0.15) is 43.9 Å². The molecule has 6 atom stereocenters. The number of aromatic nitrogens is 2. The number of nitrogens with one attached hydrogen (secondary N) is 1. The number of hydrogen-bond acceptors (Lipinski definition) is 13. The van der Waals surface area contributed by atoms with Crippen molar-refractivity contribution in [3.8, 4) is 0 Å². The highest BCUT2D eigenvalue weighted by atomic mass is 31.3. The number of aliphatic hydroxyl groups excluding tert-OH is 1. The molecule has 1 saturated heterocycles. The summed E-state index contributed by atoms with van der Waals surface area (Å²) in [6.45, 7) is 0.0747. The van der Waals surface area contributed by atoms with E-state index < -0.39 is 55.1 Å². The van der Waals surface area contributed by atoms with Crippen molar-refractivity contribution in [2.75, 3.05) is 25.4 Å². The van der Waals surface area contributed by atoms with E-state index >= 15 is 0 Å². The minimum absolute atomic E-state index is 0.0738. The van der Waals surface area contributed by atoms with Crippen LogP contribution in [0, 0.1) is 0 Å². The number of ether oxygens (including phenoxy) is 1. The molecule has 0 aliphatic carbocycles. The molecule has 1 aliphatic heterocycles. The predicted molar refractivity (Wildman–Crippen MR) is 135 cm³/mol. The fourth-order valence-corrected chi connectivity index (χ4v) is 5.65. The summed E-state index contributed by atoms with van der Waals surface area (Å²) < 4.78 is 52.9. The Morgan fingerprint density at radius 2 is 2.11 bits per heavy atom. The lowest BCUT2D eigenvalue weighted by atomic mass is 10.2. The SMILES string of the molecule is NCCCCCC(=O)NC/C=C/c1cn([C@H]2C[C@@H](O)[C@@H](COP(=O)(O)O[PH](=O)O[PH](=O)O)O2)c(=O)nc1N. The van der Waals surface area contributed by atoms with E-state index in [1.807, 2.05) is 0 Å². The highest BCUT2D eigenvalue weighted by Crippen LogP contribution is 2.55. The van der Waals surface area contributed by atoms with Gasteiger partial charge in [-0.15, -0.1) is 0 Å². The molecule has 0 saturated carbocycles. The minimum atomic E-state index is -4.99. The van der Waals surface area contributed by atoms with Crippen molar-refractivity contribution in [2.45, 2.75) is 50.5 Å². The van der Waals surface area contributed by atoms with Gasteiger partial charge in [0.1, 0.15) is 18.1 Å². The normalized spacial score (nSPS) is 22.8. The summed E-state index contributed by atoms with van der Waals surface area (Å²) in [5.74, 6) is -0.193. The molecule has 20 heteroatoms. The maximum absolute atomic E-state index is 12.4. The van der Waals surface area contributed by atoms with Crippen molar-refractivity contribution >= 4 is 42.1 Å². The number of carbonyl (C=O) groups is 1. The number of rotatable bonds is 16. The molecule has 2 heterocycles. The van der Waals surface area contributed by atoms with E-state index in [0.29, 0.717) is 18.5 Å². The fraction of sp³-hybridized carbons (Fsp3) is 0.611. The number of carbonyl (C=O) groups excluding carboxylic acids is 1. The smallest absolute Gasteiger partial charge is 0.390 e. The number of unbranched alkanes of at least 4 members (excludes halogenated alkanes) is 2. The summed E-state index contributed by atoms with van der Waals surface area (Å²) in [6, 6.07) is 0. The molecule has 0 bridgehead atoms. The van der Waals surface area contributed by atoms with Crippen LogP contribution < -0.4 is 22.5 Å². The molecule has 1 amide bonds. The Morgan fingerprint density at radius 1 is 1.37 bits per heavy atom. The second-order valence-electron chi connectivity index (χ2n) is 7.98. The van der Waals surface area contributed by atoms with Gasteiger partial charge in [0.15, 0.2) is 0 Å². The van der Waals surface area contributed by atoms with Crippen LogP contribution in [-0.2, 0) is 36.4 Å². The molecule has 216 valence electrons. The van der Waals surface area contributed by atoms with Crippen LogP contribution in [0.15, 0.2) is 17.1 Å². The van der Waals surface area contributed by atoms with Crippen LogP contribution in [0.5, 0.6) is 0 Å². The van der Waals surface area contributed by atoms with E-state index in [1.165, 1.54) is 6.20 Å². The van der Waals surface area contributed by atoms with E-state index in [9.17, 15) is 33.3 Å². The van der Waals surface area contributed by atoms with Gasteiger partial charge in [-0.1, -0.05) is 18.6 Å². The number of anilines is 1. The van der Waals surface area contributed by atoms with Gasteiger partial charge in [-0.05, 0) is 19.4 Å². The first kappa shape index (κ1) is 32.5. The average Bonchev–Trinajstić information content (AvgIpc) is 3.18. The van der Waals surface area contributed by atoms with Crippen molar-refractivity contribution in [1.29, 1.82) is 0 Å². The van der Waals surface area contributed by atoms with Gasteiger partial charge in [-0.2, -0.15) is 4.98 Å². The molecule has 1 aromatic rings. The van der Waals surface area contributed by atoms with Gasteiger partial charge in [0, 0.05) is 31.1 Å². The molecule has 0 spiro atoms. The molecular weight excluding hydrogens is 571 g/mol. The molecule has 17 nitrogen and oxygen atoms in total. The van der Waals surface area contributed by atoms with Crippen LogP contribution >= 0.6 is 24.3 Å². The highest BCUT2D eigenvalue weighted by molar-refractivity contribution is 7.58. The summed E-state index contributed by atoms with van der Waals surface area (Å²) >= 11 is 0. The molecular formula is C18H32N5O12P3. The lowest BCUT2D eigenvalue weighted by Crippen LogP contribution is -2.29. The van der Waals surface area contributed by atoms with Gasteiger partial charge in [-0.25, -0.2) is 18.0 Å². The third-order valence-electron chi connectivity index (χ3n) is 5.11.